The summed E-state index contributed by atoms with van der Waals surface area (Å²) in [6, 6.07) is -0.540. The highest BCUT2D eigenvalue weighted by atomic mass is 16.5. The van der Waals surface area contributed by atoms with Crippen molar-refractivity contribution in [3.63, 3.8) is 0 Å². The molecule has 0 radical (unpaired) electrons. The van der Waals surface area contributed by atoms with Crippen LogP contribution in [0.5, 0.6) is 0 Å². The molecule has 1 saturated carbocycles. The molecule has 0 bridgehead atoms. The predicted octanol–water partition coefficient (Wildman–Crippen LogP) is 1.31. The molecule has 1 aliphatic carbocycles. The van der Waals surface area contributed by atoms with Crippen LogP contribution in [0.15, 0.2) is 0 Å². The third-order valence-electron chi connectivity index (χ3n) is 4.98. The van der Waals surface area contributed by atoms with Gasteiger partial charge in [-0.1, -0.05) is 32.1 Å². The van der Waals surface area contributed by atoms with Gasteiger partial charge in [0.05, 0.1) is 12.6 Å². The van der Waals surface area contributed by atoms with Gasteiger partial charge in [-0.3, -0.25) is 14.4 Å². The summed E-state index contributed by atoms with van der Waals surface area (Å²) < 4.78 is 5.24. The molecule has 0 aromatic heterocycles. The lowest BCUT2D eigenvalue weighted by Crippen LogP contribution is -2.52. The Labute approximate surface area is 137 Å². The first-order valence-electron chi connectivity index (χ1n) is 8.74. The second-order valence-corrected chi connectivity index (χ2v) is 6.83. The standard InChI is InChI=1S/C17H28N2O4/c18-15(21)8-7-13-10-23-11-14(20)17(13)19-16(22)9-6-12-4-2-1-3-5-12/h12-13,17H,1-11H2,(H2,18,21)(H,19,22). The van der Waals surface area contributed by atoms with Gasteiger partial charge in [0, 0.05) is 18.8 Å². The number of hydrogen-bond acceptors (Lipinski definition) is 4. The maximum Gasteiger partial charge on any atom is 0.220 e. The number of carbonyl (C=O) groups is 3. The first-order chi connectivity index (χ1) is 11.1. The number of rotatable bonds is 7. The summed E-state index contributed by atoms with van der Waals surface area (Å²) >= 11 is 0. The molecule has 3 N–H and O–H groups in total. The maximum atomic E-state index is 12.2. The van der Waals surface area contributed by atoms with Crippen LogP contribution in [-0.2, 0) is 19.1 Å². The third-order valence-corrected chi connectivity index (χ3v) is 4.98. The van der Waals surface area contributed by atoms with E-state index in [-0.39, 0.29) is 30.6 Å². The number of nitrogens with two attached hydrogens (primary N) is 1. The molecule has 6 nitrogen and oxygen atoms in total. The summed E-state index contributed by atoms with van der Waals surface area (Å²) in [7, 11) is 0. The van der Waals surface area contributed by atoms with Crippen LogP contribution in [0.3, 0.4) is 0 Å². The predicted molar refractivity (Wildman–Crippen MR) is 85.5 cm³/mol. The summed E-state index contributed by atoms with van der Waals surface area (Å²) in [5.74, 6) is -0.102. The van der Waals surface area contributed by atoms with Gasteiger partial charge in [0.25, 0.3) is 0 Å². The molecule has 0 aromatic rings. The lowest BCUT2D eigenvalue weighted by molar-refractivity contribution is -0.138. The Balaban J connectivity index is 1.80. The van der Waals surface area contributed by atoms with E-state index in [1.807, 2.05) is 0 Å². The van der Waals surface area contributed by atoms with Crippen LogP contribution in [0.2, 0.25) is 0 Å². The number of hydrogen-bond donors (Lipinski definition) is 2. The van der Waals surface area contributed by atoms with Gasteiger partial charge in [-0.2, -0.15) is 0 Å². The van der Waals surface area contributed by atoms with E-state index in [1.165, 1.54) is 32.1 Å². The zero-order valence-corrected chi connectivity index (χ0v) is 13.7. The molecule has 2 aliphatic rings. The third kappa shape index (κ3) is 5.94. The fraction of sp³-hybridized carbons (Fsp3) is 0.824. The fourth-order valence-electron chi connectivity index (χ4n) is 3.59. The second kappa shape index (κ2) is 9.01. The Bertz CT molecular complexity index is 432. The van der Waals surface area contributed by atoms with Crippen molar-refractivity contribution in [2.45, 2.75) is 63.8 Å². The van der Waals surface area contributed by atoms with E-state index >= 15 is 0 Å². The van der Waals surface area contributed by atoms with Crippen molar-refractivity contribution < 1.29 is 19.1 Å². The molecule has 1 aliphatic heterocycles. The molecule has 1 saturated heterocycles. The van der Waals surface area contributed by atoms with Crippen LogP contribution in [-0.4, -0.2) is 36.9 Å². The Morgan fingerprint density at radius 3 is 2.57 bits per heavy atom. The van der Waals surface area contributed by atoms with Crippen LogP contribution < -0.4 is 11.1 Å². The van der Waals surface area contributed by atoms with Crippen molar-refractivity contribution in [3.05, 3.63) is 0 Å². The molecule has 2 fully saturated rings. The van der Waals surface area contributed by atoms with E-state index in [0.717, 1.165) is 6.42 Å². The minimum atomic E-state index is -0.540. The van der Waals surface area contributed by atoms with Gasteiger partial charge >= 0.3 is 0 Å². The lowest BCUT2D eigenvalue weighted by Gasteiger charge is -2.31. The van der Waals surface area contributed by atoms with E-state index in [0.29, 0.717) is 25.4 Å². The smallest absolute Gasteiger partial charge is 0.220 e. The highest BCUT2D eigenvalue weighted by Gasteiger charge is 2.33. The van der Waals surface area contributed by atoms with Crippen molar-refractivity contribution in [3.8, 4) is 0 Å². The van der Waals surface area contributed by atoms with Gasteiger partial charge in [0.15, 0.2) is 5.78 Å². The van der Waals surface area contributed by atoms with E-state index in [1.54, 1.807) is 0 Å². The lowest BCUT2D eigenvalue weighted by atomic mass is 9.86. The summed E-state index contributed by atoms with van der Waals surface area (Å²) in [6.07, 6.45) is 8.30. The van der Waals surface area contributed by atoms with Gasteiger partial charge in [-0.25, -0.2) is 0 Å². The molecular weight excluding hydrogens is 296 g/mol. The van der Waals surface area contributed by atoms with Gasteiger partial charge in [0.1, 0.15) is 6.61 Å². The molecule has 6 heteroatoms. The Morgan fingerprint density at radius 2 is 1.87 bits per heavy atom. The van der Waals surface area contributed by atoms with Crippen molar-refractivity contribution in [2.75, 3.05) is 13.2 Å². The monoisotopic (exact) mass is 324 g/mol. The van der Waals surface area contributed by atoms with Crippen LogP contribution in [0.4, 0.5) is 0 Å². The Morgan fingerprint density at radius 1 is 1.13 bits per heavy atom. The summed E-state index contributed by atoms with van der Waals surface area (Å²) in [5, 5.41) is 2.86. The zero-order chi connectivity index (χ0) is 16.7. The molecule has 23 heavy (non-hydrogen) atoms. The highest BCUT2D eigenvalue weighted by Crippen LogP contribution is 2.27. The van der Waals surface area contributed by atoms with Gasteiger partial charge < -0.3 is 15.8 Å². The van der Waals surface area contributed by atoms with E-state index in [2.05, 4.69) is 5.32 Å². The van der Waals surface area contributed by atoms with Crippen molar-refractivity contribution in [1.29, 1.82) is 0 Å². The topological polar surface area (TPSA) is 98.5 Å². The summed E-state index contributed by atoms with van der Waals surface area (Å²) in [4.78, 5) is 35.2. The average molecular weight is 324 g/mol. The van der Waals surface area contributed by atoms with E-state index in [9.17, 15) is 14.4 Å². The quantitative estimate of drug-likeness (QED) is 0.737. The molecule has 2 unspecified atom stereocenters. The molecule has 0 aromatic carbocycles. The fourth-order valence-corrected chi connectivity index (χ4v) is 3.59. The van der Waals surface area contributed by atoms with E-state index in [4.69, 9.17) is 10.5 Å². The SMILES string of the molecule is NC(=O)CCC1COCC(=O)C1NC(=O)CCC1CCCCC1. The molecule has 0 spiro atoms. The zero-order valence-electron chi connectivity index (χ0n) is 13.7. The molecule has 2 rings (SSSR count). The number of ether oxygens (including phenoxy) is 1. The number of nitrogens with one attached hydrogen (secondary N) is 1. The molecule has 2 amide bonds. The highest BCUT2D eigenvalue weighted by molar-refractivity contribution is 5.90. The summed E-state index contributed by atoms with van der Waals surface area (Å²) in [5.41, 5.74) is 5.17. The Kier molecular flexibility index (Phi) is 7.02. The second-order valence-electron chi connectivity index (χ2n) is 6.83. The van der Waals surface area contributed by atoms with Crippen LogP contribution in [0.25, 0.3) is 0 Å². The number of primary amides is 1. The van der Waals surface area contributed by atoms with Crippen LogP contribution in [0, 0.1) is 11.8 Å². The number of amides is 2. The minimum absolute atomic E-state index is 0.0284. The number of Topliss-reactive ketones (excluding diaryl/α,β-unsaturated/α-hetero) is 1. The van der Waals surface area contributed by atoms with Gasteiger partial charge in [-0.15, -0.1) is 0 Å². The average Bonchev–Trinajstić information content (AvgIpc) is 2.54. The van der Waals surface area contributed by atoms with Crippen molar-refractivity contribution in [1.82, 2.24) is 5.32 Å². The minimum Gasteiger partial charge on any atom is -0.373 e. The molecular formula is C17H28N2O4. The van der Waals surface area contributed by atoms with Crippen LogP contribution in [0.1, 0.15) is 57.8 Å². The van der Waals surface area contributed by atoms with Crippen LogP contribution >= 0.6 is 0 Å². The Hall–Kier alpha value is -1.43. The number of carbonyl (C=O) groups excluding carboxylic acids is 3. The van der Waals surface area contributed by atoms with Gasteiger partial charge in [0.2, 0.25) is 11.8 Å². The van der Waals surface area contributed by atoms with Gasteiger partial charge in [-0.05, 0) is 18.8 Å². The molecule has 1 heterocycles. The first-order valence-corrected chi connectivity index (χ1v) is 8.74. The van der Waals surface area contributed by atoms with Crippen molar-refractivity contribution in [2.24, 2.45) is 17.6 Å². The summed E-state index contributed by atoms with van der Waals surface area (Å²) in [6.45, 7) is 0.410. The maximum absolute atomic E-state index is 12.2. The number of ketones is 1. The normalized spacial score (nSPS) is 26.0. The molecule has 130 valence electrons. The first kappa shape index (κ1) is 17.9. The molecule has 2 atom stereocenters. The van der Waals surface area contributed by atoms with Crippen molar-refractivity contribution >= 4 is 17.6 Å². The van der Waals surface area contributed by atoms with E-state index < -0.39 is 11.9 Å². The largest absolute Gasteiger partial charge is 0.373 e.